The topological polar surface area (TPSA) is 106 Å². The van der Waals surface area contributed by atoms with Crippen LogP contribution in [-0.2, 0) is 18.8 Å². The van der Waals surface area contributed by atoms with Gasteiger partial charge in [0, 0.05) is 6.54 Å². The number of rotatable bonds is 6. The van der Waals surface area contributed by atoms with Crippen molar-refractivity contribution in [3.8, 4) is 11.1 Å². The van der Waals surface area contributed by atoms with Crippen LogP contribution >= 0.6 is 0 Å². The Morgan fingerprint density at radius 2 is 1.73 bits per heavy atom. The first-order chi connectivity index (χ1) is 18.9. The summed E-state index contributed by atoms with van der Waals surface area (Å²) in [6, 6.07) is 13.6. The fourth-order valence-corrected chi connectivity index (χ4v) is 5.37. The molecule has 3 aromatic rings. The van der Waals surface area contributed by atoms with Crippen LogP contribution < -0.4 is 10.8 Å². The Labute approximate surface area is 236 Å². The van der Waals surface area contributed by atoms with Gasteiger partial charge in [0.25, 0.3) is 0 Å². The number of nitrogens with zero attached hydrogens (tertiary/aromatic N) is 2. The lowest BCUT2D eigenvalue weighted by Gasteiger charge is -2.32. The first kappa shape index (κ1) is 28.2. The van der Waals surface area contributed by atoms with Crippen molar-refractivity contribution < 1.29 is 23.6 Å². The maximum atomic E-state index is 13.5. The van der Waals surface area contributed by atoms with Gasteiger partial charge in [-0.3, -0.25) is 4.79 Å². The molecule has 0 radical (unpaired) electrons. The van der Waals surface area contributed by atoms with E-state index in [9.17, 15) is 9.59 Å². The average Bonchev–Trinajstić information content (AvgIpc) is 3.61. The summed E-state index contributed by atoms with van der Waals surface area (Å²) in [6.07, 6.45) is 1.07. The van der Waals surface area contributed by atoms with Crippen molar-refractivity contribution in [2.24, 2.45) is 5.92 Å². The predicted molar refractivity (Wildman–Crippen MR) is 155 cm³/mol. The minimum absolute atomic E-state index is 0.0813. The molecule has 0 saturated carbocycles. The molecule has 9 nitrogen and oxygen atoms in total. The fourth-order valence-electron chi connectivity index (χ4n) is 5.37. The molecule has 0 spiro atoms. The molecule has 2 N–H and O–H groups in total. The monoisotopic (exact) mass is 546 g/mol. The predicted octanol–water partition coefficient (Wildman–Crippen LogP) is 4.57. The van der Waals surface area contributed by atoms with E-state index in [4.69, 9.17) is 19.0 Å². The van der Waals surface area contributed by atoms with Crippen LogP contribution in [0.2, 0.25) is 0 Å². The average molecular weight is 546 g/mol. The summed E-state index contributed by atoms with van der Waals surface area (Å²) < 4.78 is 17.1. The third kappa shape index (κ3) is 5.22. The van der Waals surface area contributed by atoms with E-state index < -0.39 is 19.3 Å². The van der Waals surface area contributed by atoms with E-state index in [0.717, 1.165) is 46.3 Å². The fraction of sp³-hybridized carbons (Fsp3) is 0.500. The number of benzene rings is 2. The number of aromatic nitrogens is 2. The number of alkyl carbamates (subject to hydrolysis) is 1. The quantitative estimate of drug-likeness (QED) is 0.439. The summed E-state index contributed by atoms with van der Waals surface area (Å²) >= 11 is 0. The number of hydrogen-bond donors (Lipinski definition) is 2. The highest BCUT2D eigenvalue weighted by molar-refractivity contribution is 6.62. The van der Waals surface area contributed by atoms with E-state index in [2.05, 4.69) is 74.4 Å². The molecule has 2 aromatic carbocycles. The molecule has 2 atom stereocenters. The molecule has 2 amide bonds. The van der Waals surface area contributed by atoms with Gasteiger partial charge >= 0.3 is 13.2 Å². The van der Waals surface area contributed by atoms with Crippen molar-refractivity contribution >= 4 is 35.6 Å². The van der Waals surface area contributed by atoms with Gasteiger partial charge in [0.15, 0.2) is 0 Å². The van der Waals surface area contributed by atoms with Crippen LogP contribution in [-0.4, -0.2) is 64.9 Å². The van der Waals surface area contributed by atoms with Crippen LogP contribution in [0, 0.1) is 5.92 Å². The third-order valence-corrected chi connectivity index (χ3v) is 8.51. The molecule has 0 aliphatic carbocycles. The van der Waals surface area contributed by atoms with Gasteiger partial charge in [-0.2, -0.15) is 0 Å². The van der Waals surface area contributed by atoms with Crippen LogP contribution in [0.25, 0.3) is 22.2 Å². The maximum absolute atomic E-state index is 13.5. The molecule has 212 valence electrons. The zero-order valence-electron chi connectivity index (χ0n) is 24.4. The standard InChI is InChI=1S/C30H39BN4O5/c1-18(2)25(34-28(37)38-7)27(36)35-16-8-9-24(35)26-32-22-15-12-20(17-23(22)33-26)19-10-13-21(14-11-19)31-39-29(3,4)30(5,6)40-31/h10-15,17-18,24-25H,8-9,16H2,1-7H3,(H,32,33)(H,34,37). The summed E-state index contributed by atoms with van der Waals surface area (Å²) in [7, 11) is 0.902. The minimum Gasteiger partial charge on any atom is -0.453 e. The van der Waals surface area contributed by atoms with Crippen molar-refractivity contribution in [1.82, 2.24) is 20.2 Å². The van der Waals surface area contributed by atoms with E-state index in [1.807, 2.05) is 24.8 Å². The van der Waals surface area contributed by atoms with E-state index in [0.29, 0.717) is 6.54 Å². The molecular weight excluding hydrogens is 507 g/mol. The summed E-state index contributed by atoms with van der Waals surface area (Å²) in [5.41, 5.74) is 4.11. The molecule has 10 heteroatoms. The van der Waals surface area contributed by atoms with E-state index in [1.54, 1.807) is 0 Å². The molecule has 2 aliphatic heterocycles. The zero-order chi connectivity index (χ0) is 28.8. The van der Waals surface area contributed by atoms with Gasteiger partial charge < -0.3 is 29.2 Å². The summed E-state index contributed by atoms with van der Waals surface area (Å²) in [4.78, 5) is 35.5. The van der Waals surface area contributed by atoms with Gasteiger partial charge in [0.2, 0.25) is 5.91 Å². The molecule has 40 heavy (non-hydrogen) atoms. The van der Waals surface area contributed by atoms with Gasteiger partial charge in [-0.15, -0.1) is 0 Å². The molecule has 2 saturated heterocycles. The van der Waals surface area contributed by atoms with Gasteiger partial charge in [0.1, 0.15) is 11.9 Å². The van der Waals surface area contributed by atoms with Crippen LogP contribution in [0.4, 0.5) is 4.79 Å². The number of H-pyrrole nitrogens is 1. The normalized spacial score (nSPS) is 20.8. The first-order valence-corrected chi connectivity index (χ1v) is 14.0. The Balaban J connectivity index is 1.35. The highest BCUT2D eigenvalue weighted by Crippen LogP contribution is 2.37. The van der Waals surface area contributed by atoms with Crippen LogP contribution in [0.5, 0.6) is 0 Å². The van der Waals surface area contributed by atoms with Crippen molar-refractivity contribution in [2.75, 3.05) is 13.7 Å². The number of ether oxygens (including phenoxy) is 1. The number of methoxy groups -OCH3 is 1. The van der Waals surface area contributed by atoms with Gasteiger partial charge in [-0.25, -0.2) is 9.78 Å². The Morgan fingerprint density at radius 1 is 1.07 bits per heavy atom. The smallest absolute Gasteiger partial charge is 0.453 e. The Morgan fingerprint density at radius 3 is 2.35 bits per heavy atom. The molecule has 3 heterocycles. The number of imidazole rings is 1. The van der Waals surface area contributed by atoms with Gasteiger partial charge in [-0.05, 0) is 75.2 Å². The third-order valence-electron chi connectivity index (χ3n) is 8.51. The van der Waals surface area contributed by atoms with Crippen molar-refractivity contribution in [3.05, 3.63) is 48.3 Å². The van der Waals surface area contributed by atoms with Crippen molar-refractivity contribution in [3.63, 3.8) is 0 Å². The number of carbonyl (C=O) groups excluding carboxylic acids is 2. The Kier molecular flexibility index (Phi) is 7.44. The number of aromatic amines is 1. The summed E-state index contributed by atoms with van der Waals surface area (Å²) in [6.45, 7) is 12.7. The molecule has 2 fully saturated rings. The molecule has 2 aliphatic rings. The number of likely N-dealkylation sites (tertiary alicyclic amines) is 1. The SMILES string of the molecule is COC(=O)NC(C(=O)N1CCCC1c1nc2ccc(-c3ccc(B4OC(C)(C)C(C)(C)O4)cc3)cc2[nH]1)C(C)C. The zero-order valence-corrected chi connectivity index (χ0v) is 24.4. The highest BCUT2D eigenvalue weighted by atomic mass is 16.7. The number of fused-ring (bicyclic) bond motifs is 1. The van der Waals surface area contributed by atoms with Crippen LogP contribution in [0.15, 0.2) is 42.5 Å². The van der Waals surface area contributed by atoms with Crippen molar-refractivity contribution in [1.29, 1.82) is 0 Å². The number of carbonyl (C=O) groups is 2. The lowest BCUT2D eigenvalue weighted by molar-refractivity contribution is -0.135. The second-order valence-electron chi connectivity index (χ2n) is 12.1. The summed E-state index contributed by atoms with van der Waals surface area (Å²) in [5, 5.41) is 2.70. The second-order valence-corrected chi connectivity index (χ2v) is 12.1. The maximum Gasteiger partial charge on any atom is 0.494 e. The Hall–Kier alpha value is -3.37. The molecule has 5 rings (SSSR count). The lowest BCUT2D eigenvalue weighted by Crippen LogP contribution is -2.51. The first-order valence-electron chi connectivity index (χ1n) is 14.0. The minimum atomic E-state index is -0.663. The van der Waals surface area contributed by atoms with E-state index >= 15 is 0 Å². The number of amides is 2. The van der Waals surface area contributed by atoms with Gasteiger partial charge in [-0.1, -0.05) is 44.2 Å². The molecule has 1 aromatic heterocycles. The summed E-state index contributed by atoms with van der Waals surface area (Å²) in [5.74, 6) is 0.558. The number of hydrogen-bond acceptors (Lipinski definition) is 6. The Bertz CT molecular complexity index is 1380. The van der Waals surface area contributed by atoms with Crippen LogP contribution in [0.1, 0.15) is 66.3 Å². The molecule has 2 unspecified atom stereocenters. The largest absolute Gasteiger partial charge is 0.494 e. The van der Waals surface area contributed by atoms with E-state index in [-0.39, 0.29) is 29.1 Å². The lowest BCUT2D eigenvalue weighted by atomic mass is 9.78. The molecular formula is C30H39BN4O5. The highest BCUT2D eigenvalue weighted by Gasteiger charge is 2.51. The number of nitrogens with one attached hydrogen (secondary N) is 2. The van der Waals surface area contributed by atoms with Crippen LogP contribution in [0.3, 0.4) is 0 Å². The van der Waals surface area contributed by atoms with Gasteiger partial charge in [0.05, 0.1) is 35.4 Å². The van der Waals surface area contributed by atoms with Crippen molar-refractivity contribution in [2.45, 2.75) is 77.7 Å². The van der Waals surface area contributed by atoms with E-state index in [1.165, 1.54) is 7.11 Å². The molecule has 0 bridgehead atoms. The second kappa shape index (κ2) is 10.6.